The van der Waals surface area contributed by atoms with Crippen molar-refractivity contribution in [3.05, 3.63) is 34.9 Å². The summed E-state index contributed by atoms with van der Waals surface area (Å²) in [5, 5.41) is 1.02. The zero-order valence-electron chi connectivity index (χ0n) is 7.12. The van der Waals surface area contributed by atoms with E-state index >= 15 is 0 Å². The fourth-order valence-corrected chi connectivity index (χ4v) is 1.85. The fraction of sp³-hybridized carbons (Fsp3) is 0.100. The molecule has 0 amide bonds. The summed E-state index contributed by atoms with van der Waals surface area (Å²) in [6, 6.07) is 7.75. The molecular formula is C10H8BrNO. The molecule has 0 N–H and O–H groups in total. The Kier molecular flexibility index (Phi) is 2.19. The van der Waals surface area contributed by atoms with Crippen LogP contribution in [0.5, 0.6) is 5.75 Å². The number of hydrogen-bond acceptors (Lipinski definition) is 2. The summed E-state index contributed by atoms with van der Waals surface area (Å²) in [5.74, 6) is 0.845. The van der Waals surface area contributed by atoms with Crippen molar-refractivity contribution < 1.29 is 4.74 Å². The molecule has 0 saturated carbocycles. The molecule has 13 heavy (non-hydrogen) atoms. The molecule has 2 aromatic rings. The Morgan fingerprint density at radius 2 is 2.15 bits per heavy atom. The second-order valence-electron chi connectivity index (χ2n) is 2.65. The number of halogens is 1. The van der Waals surface area contributed by atoms with Crippen molar-refractivity contribution in [2.75, 3.05) is 7.11 Å². The maximum atomic E-state index is 5.24. The Balaban J connectivity index is 2.87. The summed E-state index contributed by atoms with van der Waals surface area (Å²) in [7, 11) is 1.66. The van der Waals surface area contributed by atoms with Crippen molar-refractivity contribution >= 4 is 26.8 Å². The highest BCUT2D eigenvalue weighted by molar-refractivity contribution is 9.10. The standard InChI is InChI=1S/C10H8BrNO/c1-13-9-5-6-12-8-4-2-3-7(11)10(8)9/h2-6H,1H3. The molecule has 1 aromatic heterocycles. The van der Waals surface area contributed by atoms with Crippen LogP contribution >= 0.6 is 15.9 Å². The van der Waals surface area contributed by atoms with Crippen molar-refractivity contribution in [1.82, 2.24) is 4.98 Å². The lowest BCUT2D eigenvalue weighted by atomic mass is 10.2. The molecule has 0 aliphatic heterocycles. The highest BCUT2D eigenvalue weighted by Crippen LogP contribution is 2.30. The van der Waals surface area contributed by atoms with Gasteiger partial charge in [-0.1, -0.05) is 6.07 Å². The fourth-order valence-electron chi connectivity index (χ4n) is 1.30. The normalized spacial score (nSPS) is 10.3. The van der Waals surface area contributed by atoms with Gasteiger partial charge in [-0.2, -0.15) is 0 Å². The van der Waals surface area contributed by atoms with Crippen LogP contribution in [0, 0.1) is 0 Å². The zero-order valence-corrected chi connectivity index (χ0v) is 8.71. The average Bonchev–Trinajstić information content (AvgIpc) is 2.17. The maximum Gasteiger partial charge on any atom is 0.130 e. The number of benzene rings is 1. The summed E-state index contributed by atoms with van der Waals surface area (Å²) in [6.45, 7) is 0. The first-order chi connectivity index (χ1) is 6.33. The molecule has 0 unspecified atom stereocenters. The molecule has 0 fully saturated rings. The van der Waals surface area contributed by atoms with Crippen molar-refractivity contribution in [3.63, 3.8) is 0 Å². The molecule has 2 nitrogen and oxygen atoms in total. The van der Waals surface area contributed by atoms with Gasteiger partial charge in [0.25, 0.3) is 0 Å². The highest BCUT2D eigenvalue weighted by atomic mass is 79.9. The van der Waals surface area contributed by atoms with E-state index in [0.717, 1.165) is 21.1 Å². The minimum Gasteiger partial charge on any atom is -0.496 e. The third-order valence-corrected chi connectivity index (χ3v) is 2.56. The van der Waals surface area contributed by atoms with E-state index in [2.05, 4.69) is 20.9 Å². The molecule has 2 rings (SSSR count). The monoisotopic (exact) mass is 237 g/mol. The molecule has 0 aliphatic rings. The molecule has 1 heterocycles. The van der Waals surface area contributed by atoms with Gasteiger partial charge in [-0.3, -0.25) is 4.98 Å². The topological polar surface area (TPSA) is 22.1 Å². The van der Waals surface area contributed by atoms with E-state index in [-0.39, 0.29) is 0 Å². The molecule has 0 saturated heterocycles. The third-order valence-electron chi connectivity index (χ3n) is 1.90. The molecule has 0 spiro atoms. The zero-order chi connectivity index (χ0) is 9.26. The number of nitrogens with zero attached hydrogens (tertiary/aromatic N) is 1. The largest absolute Gasteiger partial charge is 0.496 e. The first-order valence-corrected chi connectivity index (χ1v) is 4.69. The van der Waals surface area contributed by atoms with Crippen molar-refractivity contribution in [1.29, 1.82) is 0 Å². The average molecular weight is 238 g/mol. The number of pyridine rings is 1. The number of ether oxygens (including phenoxy) is 1. The number of fused-ring (bicyclic) bond motifs is 1. The first kappa shape index (κ1) is 8.51. The van der Waals surface area contributed by atoms with Gasteiger partial charge in [0.05, 0.1) is 18.0 Å². The van der Waals surface area contributed by atoms with Crippen LogP contribution in [0.15, 0.2) is 34.9 Å². The summed E-state index contributed by atoms with van der Waals surface area (Å²) in [5.41, 5.74) is 0.939. The van der Waals surface area contributed by atoms with Gasteiger partial charge in [0.15, 0.2) is 0 Å². The number of aromatic nitrogens is 1. The lowest BCUT2D eigenvalue weighted by Gasteiger charge is -2.05. The van der Waals surface area contributed by atoms with Crippen LogP contribution in [0.4, 0.5) is 0 Å². The van der Waals surface area contributed by atoms with Gasteiger partial charge >= 0.3 is 0 Å². The third kappa shape index (κ3) is 1.40. The minimum atomic E-state index is 0.845. The molecule has 66 valence electrons. The van der Waals surface area contributed by atoms with Gasteiger partial charge in [0.1, 0.15) is 5.75 Å². The predicted molar refractivity (Wildman–Crippen MR) is 56.0 cm³/mol. The molecule has 0 atom stereocenters. The van der Waals surface area contributed by atoms with E-state index in [1.807, 2.05) is 24.3 Å². The van der Waals surface area contributed by atoms with E-state index in [0.29, 0.717) is 0 Å². The number of hydrogen-bond donors (Lipinski definition) is 0. The van der Waals surface area contributed by atoms with Crippen LogP contribution in [0.2, 0.25) is 0 Å². The van der Waals surface area contributed by atoms with Crippen LogP contribution in [0.3, 0.4) is 0 Å². The van der Waals surface area contributed by atoms with Crippen molar-refractivity contribution in [2.24, 2.45) is 0 Å². The first-order valence-electron chi connectivity index (χ1n) is 3.90. The summed E-state index contributed by atoms with van der Waals surface area (Å²) < 4.78 is 6.25. The lowest BCUT2D eigenvalue weighted by Crippen LogP contribution is -1.87. The SMILES string of the molecule is COc1ccnc2cccc(Br)c12. The van der Waals surface area contributed by atoms with E-state index in [1.165, 1.54) is 0 Å². The summed E-state index contributed by atoms with van der Waals surface area (Å²) in [4.78, 5) is 4.24. The van der Waals surface area contributed by atoms with Crippen LogP contribution in [-0.4, -0.2) is 12.1 Å². The Morgan fingerprint density at radius 1 is 1.31 bits per heavy atom. The molecule has 1 aromatic carbocycles. The van der Waals surface area contributed by atoms with Crippen LogP contribution in [0.1, 0.15) is 0 Å². The Bertz CT molecular complexity index is 437. The van der Waals surface area contributed by atoms with Gasteiger partial charge in [-0.15, -0.1) is 0 Å². The van der Waals surface area contributed by atoms with Gasteiger partial charge in [-0.25, -0.2) is 0 Å². The van der Waals surface area contributed by atoms with E-state index in [4.69, 9.17) is 4.74 Å². The molecular weight excluding hydrogens is 230 g/mol. The van der Waals surface area contributed by atoms with Crippen LogP contribution in [0.25, 0.3) is 10.9 Å². The Hall–Kier alpha value is -1.09. The van der Waals surface area contributed by atoms with Gasteiger partial charge in [0, 0.05) is 10.7 Å². The molecule has 3 heteroatoms. The quantitative estimate of drug-likeness (QED) is 0.761. The molecule has 0 radical (unpaired) electrons. The number of rotatable bonds is 1. The van der Waals surface area contributed by atoms with E-state index in [9.17, 15) is 0 Å². The van der Waals surface area contributed by atoms with Crippen LogP contribution in [-0.2, 0) is 0 Å². The van der Waals surface area contributed by atoms with Gasteiger partial charge in [-0.05, 0) is 34.1 Å². The molecule has 0 bridgehead atoms. The second kappa shape index (κ2) is 3.34. The van der Waals surface area contributed by atoms with Gasteiger partial charge in [0.2, 0.25) is 0 Å². The minimum absolute atomic E-state index is 0.845. The van der Waals surface area contributed by atoms with Crippen LogP contribution < -0.4 is 4.74 Å². The van der Waals surface area contributed by atoms with E-state index in [1.54, 1.807) is 13.3 Å². The summed E-state index contributed by atoms with van der Waals surface area (Å²) in [6.07, 6.45) is 1.74. The summed E-state index contributed by atoms with van der Waals surface area (Å²) >= 11 is 3.47. The second-order valence-corrected chi connectivity index (χ2v) is 3.50. The van der Waals surface area contributed by atoms with Crippen molar-refractivity contribution in [3.8, 4) is 5.75 Å². The van der Waals surface area contributed by atoms with E-state index < -0.39 is 0 Å². The molecule has 0 aliphatic carbocycles. The van der Waals surface area contributed by atoms with Crippen molar-refractivity contribution in [2.45, 2.75) is 0 Å². The highest BCUT2D eigenvalue weighted by Gasteiger charge is 2.04. The smallest absolute Gasteiger partial charge is 0.130 e. The Morgan fingerprint density at radius 3 is 2.92 bits per heavy atom. The number of methoxy groups -OCH3 is 1. The van der Waals surface area contributed by atoms with Gasteiger partial charge < -0.3 is 4.74 Å². The lowest BCUT2D eigenvalue weighted by molar-refractivity contribution is 0.419. The maximum absolute atomic E-state index is 5.24. The Labute approximate surface area is 84.7 Å². The predicted octanol–water partition coefficient (Wildman–Crippen LogP) is 3.01.